The third-order valence-electron chi connectivity index (χ3n) is 5.70. The maximum Gasteiger partial charge on any atom is 0.326 e. The summed E-state index contributed by atoms with van der Waals surface area (Å²) < 4.78 is 0. The van der Waals surface area contributed by atoms with Gasteiger partial charge in [-0.05, 0) is 37.5 Å². The molecule has 0 aliphatic carbocycles. The number of hydrogen-bond acceptors (Lipinski definition) is 7. The molecule has 0 saturated carbocycles. The van der Waals surface area contributed by atoms with Gasteiger partial charge in [0, 0.05) is 13.0 Å². The molecule has 0 aromatic rings. The lowest BCUT2D eigenvalue weighted by molar-refractivity contribution is -0.143. The Morgan fingerprint density at radius 1 is 0.865 bits per heavy atom. The van der Waals surface area contributed by atoms with E-state index < -0.39 is 53.8 Å². The van der Waals surface area contributed by atoms with Gasteiger partial charge in [-0.1, -0.05) is 34.1 Å². The lowest BCUT2D eigenvalue weighted by atomic mass is 9.96. The van der Waals surface area contributed by atoms with Crippen LogP contribution < -0.4 is 33.2 Å². The highest BCUT2D eigenvalue weighted by Crippen LogP contribution is 2.11. The number of carbonyl (C=O) groups excluding carboxylic acids is 3. The molecule has 0 aliphatic heterocycles. The molecule has 0 fully saturated rings. The van der Waals surface area contributed by atoms with Gasteiger partial charge in [0.2, 0.25) is 17.7 Å². The van der Waals surface area contributed by atoms with E-state index in [1.165, 1.54) is 0 Å². The third-order valence-corrected chi connectivity index (χ3v) is 5.70. The molecule has 3 amide bonds. The minimum atomic E-state index is -1.20. The van der Waals surface area contributed by atoms with Gasteiger partial charge in [-0.15, -0.1) is 0 Å². The number of carboxylic acid groups (broad SMARTS) is 2. The Bertz CT molecular complexity index is 815. The minimum absolute atomic E-state index is 0.00774. The Morgan fingerprint density at radius 2 is 1.46 bits per heavy atom. The van der Waals surface area contributed by atoms with Crippen molar-refractivity contribution in [1.82, 2.24) is 16.0 Å². The van der Waals surface area contributed by atoms with Crippen LogP contribution >= 0.6 is 0 Å². The second-order valence-corrected chi connectivity index (χ2v) is 9.45. The topological polar surface area (TPSA) is 252 Å². The summed E-state index contributed by atoms with van der Waals surface area (Å²) >= 11 is 0. The second kappa shape index (κ2) is 17.1. The maximum atomic E-state index is 13.2. The van der Waals surface area contributed by atoms with Gasteiger partial charge in [-0.3, -0.25) is 24.2 Å². The molecule has 5 unspecified atom stereocenters. The van der Waals surface area contributed by atoms with Gasteiger partial charge in [0.05, 0.1) is 6.04 Å². The second-order valence-electron chi connectivity index (χ2n) is 9.45. The lowest BCUT2D eigenvalue weighted by Crippen LogP contribution is -2.58. The van der Waals surface area contributed by atoms with E-state index in [1.54, 1.807) is 6.92 Å². The van der Waals surface area contributed by atoms with Gasteiger partial charge in [-0.2, -0.15) is 0 Å². The number of guanidine groups is 1. The van der Waals surface area contributed by atoms with Gasteiger partial charge in [-0.25, -0.2) is 4.79 Å². The van der Waals surface area contributed by atoms with Crippen LogP contribution in [0.25, 0.3) is 0 Å². The first-order valence-electron chi connectivity index (χ1n) is 12.4. The Hall–Kier alpha value is -3.42. The van der Waals surface area contributed by atoms with Gasteiger partial charge in [0.1, 0.15) is 18.1 Å². The molecule has 0 aromatic heterocycles. The summed E-state index contributed by atoms with van der Waals surface area (Å²) in [5.41, 5.74) is 16.4. The van der Waals surface area contributed by atoms with Gasteiger partial charge < -0.3 is 43.4 Å². The molecule has 0 bridgehead atoms. The lowest BCUT2D eigenvalue weighted by Gasteiger charge is -2.28. The zero-order valence-electron chi connectivity index (χ0n) is 22.0. The standard InChI is InChI=1S/C23H43N7O7/c1-5-13(4)18(30-19(33)14(24)8-9-17(31)32)21(35)28-15(7-6-10-27-23(25)26)20(34)29-16(22(36)37)11-12(2)3/h12-16,18H,5-11,24H2,1-4H3,(H,28,35)(H,29,34)(H,30,33)(H,31,32)(H,36,37)(H4,25,26,27). The highest BCUT2D eigenvalue weighted by molar-refractivity contribution is 5.94. The maximum absolute atomic E-state index is 13.2. The zero-order valence-corrected chi connectivity index (χ0v) is 22.0. The summed E-state index contributed by atoms with van der Waals surface area (Å²) in [6.45, 7) is 7.35. The van der Waals surface area contributed by atoms with E-state index in [1.807, 2.05) is 20.8 Å². The molecule has 11 N–H and O–H groups in total. The van der Waals surface area contributed by atoms with E-state index >= 15 is 0 Å². The van der Waals surface area contributed by atoms with Gasteiger partial charge in [0.25, 0.3) is 0 Å². The predicted octanol–water partition coefficient (Wildman–Crippen LogP) is -1.14. The number of carboxylic acids is 2. The van der Waals surface area contributed by atoms with Crippen LogP contribution in [-0.2, 0) is 24.0 Å². The number of aliphatic carboxylic acids is 2. The van der Waals surface area contributed by atoms with Crippen molar-refractivity contribution >= 4 is 35.6 Å². The highest BCUT2D eigenvalue weighted by atomic mass is 16.4. The van der Waals surface area contributed by atoms with Crippen LogP contribution in [-0.4, -0.2) is 76.5 Å². The van der Waals surface area contributed by atoms with Crippen LogP contribution in [0.2, 0.25) is 0 Å². The van der Waals surface area contributed by atoms with Crippen LogP contribution in [0.15, 0.2) is 4.99 Å². The van der Waals surface area contributed by atoms with Crippen molar-refractivity contribution in [1.29, 1.82) is 0 Å². The average Bonchev–Trinajstić information content (AvgIpc) is 2.80. The number of carbonyl (C=O) groups is 5. The van der Waals surface area contributed by atoms with Crippen molar-refractivity contribution in [2.75, 3.05) is 6.54 Å². The van der Waals surface area contributed by atoms with Crippen molar-refractivity contribution in [3.8, 4) is 0 Å². The molecule has 37 heavy (non-hydrogen) atoms. The molecule has 5 atom stereocenters. The summed E-state index contributed by atoms with van der Waals surface area (Å²) in [5, 5.41) is 25.9. The van der Waals surface area contributed by atoms with Crippen LogP contribution in [0.3, 0.4) is 0 Å². The largest absolute Gasteiger partial charge is 0.481 e. The Balaban J connectivity index is 5.67. The monoisotopic (exact) mass is 529 g/mol. The molecule has 0 saturated heterocycles. The van der Waals surface area contributed by atoms with E-state index in [2.05, 4.69) is 20.9 Å². The summed E-state index contributed by atoms with van der Waals surface area (Å²) in [6.07, 6.45) is 0.668. The normalized spacial score (nSPS) is 15.0. The summed E-state index contributed by atoms with van der Waals surface area (Å²) in [7, 11) is 0. The third kappa shape index (κ3) is 14.0. The van der Waals surface area contributed by atoms with Crippen molar-refractivity contribution < 1.29 is 34.2 Å². The number of aliphatic imine (C=N–C) groups is 1. The number of hydrogen-bond donors (Lipinski definition) is 8. The van der Waals surface area contributed by atoms with Crippen molar-refractivity contribution in [3.63, 3.8) is 0 Å². The van der Waals surface area contributed by atoms with Gasteiger partial charge >= 0.3 is 11.9 Å². The molecule has 0 rings (SSSR count). The van der Waals surface area contributed by atoms with Crippen LogP contribution in [0.5, 0.6) is 0 Å². The first kappa shape index (κ1) is 33.6. The van der Waals surface area contributed by atoms with Crippen LogP contribution in [0.4, 0.5) is 0 Å². The fourth-order valence-corrected chi connectivity index (χ4v) is 3.37. The molecule has 0 aliphatic rings. The fraction of sp³-hybridized carbons (Fsp3) is 0.739. The van der Waals surface area contributed by atoms with Crippen molar-refractivity contribution in [2.24, 2.45) is 34.0 Å². The zero-order chi connectivity index (χ0) is 28.7. The van der Waals surface area contributed by atoms with Crippen LogP contribution in [0.1, 0.15) is 66.2 Å². The number of amides is 3. The minimum Gasteiger partial charge on any atom is -0.481 e. The molecular formula is C23H43N7O7. The molecule has 14 heteroatoms. The number of nitrogens with zero attached hydrogens (tertiary/aromatic N) is 1. The highest BCUT2D eigenvalue weighted by Gasteiger charge is 2.32. The van der Waals surface area contributed by atoms with Gasteiger partial charge in [0.15, 0.2) is 5.96 Å². The van der Waals surface area contributed by atoms with E-state index in [4.69, 9.17) is 22.3 Å². The quantitative estimate of drug-likeness (QED) is 0.0601. The molecular weight excluding hydrogens is 486 g/mol. The summed E-state index contributed by atoms with van der Waals surface area (Å²) in [6, 6.07) is -4.48. The number of rotatable bonds is 18. The Labute approximate surface area is 217 Å². The molecule has 0 spiro atoms. The molecule has 0 aromatic carbocycles. The Morgan fingerprint density at radius 3 is 1.95 bits per heavy atom. The number of nitrogens with one attached hydrogen (secondary N) is 3. The molecule has 0 heterocycles. The van der Waals surface area contributed by atoms with Crippen molar-refractivity contribution in [2.45, 2.75) is 90.4 Å². The van der Waals surface area contributed by atoms with E-state index in [-0.39, 0.29) is 50.0 Å². The summed E-state index contributed by atoms with van der Waals surface area (Å²) in [5.74, 6) is -4.85. The number of nitrogens with two attached hydrogens (primary N) is 3. The fourth-order valence-electron chi connectivity index (χ4n) is 3.37. The molecule has 0 radical (unpaired) electrons. The smallest absolute Gasteiger partial charge is 0.326 e. The first-order chi connectivity index (χ1) is 17.2. The van der Waals surface area contributed by atoms with E-state index in [0.717, 1.165) is 0 Å². The predicted molar refractivity (Wildman–Crippen MR) is 137 cm³/mol. The van der Waals surface area contributed by atoms with Crippen molar-refractivity contribution in [3.05, 3.63) is 0 Å². The van der Waals surface area contributed by atoms with Crippen LogP contribution in [0, 0.1) is 11.8 Å². The Kier molecular flexibility index (Phi) is 15.5. The van der Waals surface area contributed by atoms with E-state index in [0.29, 0.717) is 12.8 Å². The first-order valence-corrected chi connectivity index (χ1v) is 12.4. The SMILES string of the molecule is CCC(C)C(NC(=O)C(N)CCC(=O)O)C(=O)NC(CCCN=C(N)N)C(=O)NC(CC(C)C)C(=O)O. The van der Waals surface area contributed by atoms with E-state index in [9.17, 15) is 29.1 Å². The molecule has 212 valence electrons. The molecule has 14 nitrogen and oxygen atoms in total. The summed E-state index contributed by atoms with van der Waals surface area (Å²) in [4.78, 5) is 65.0. The average molecular weight is 530 g/mol.